The lowest BCUT2D eigenvalue weighted by Gasteiger charge is -2.40. The molecule has 21 heavy (non-hydrogen) atoms. The molecule has 2 fully saturated rings. The highest BCUT2D eigenvalue weighted by Crippen LogP contribution is 2.33. The Morgan fingerprint density at radius 2 is 2.05 bits per heavy atom. The van der Waals surface area contributed by atoms with Gasteiger partial charge in [0.25, 0.3) is 0 Å². The van der Waals surface area contributed by atoms with Gasteiger partial charge in [-0.05, 0) is 56.0 Å². The van der Waals surface area contributed by atoms with Crippen LogP contribution in [0.15, 0.2) is 0 Å². The van der Waals surface area contributed by atoms with Crippen LogP contribution in [0.1, 0.15) is 52.9 Å². The van der Waals surface area contributed by atoms with Crippen molar-refractivity contribution in [3.8, 4) is 0 Å². The average Bonchev–Trinajstić information content (AvgIpc) is 2.87. The lowest BCUT2D eigenvalue weighted by atomic mass is 9.79. The van der Waals surface area contributed by atoms with Crippen LogP contribution in [0.2, 0.25) is 0 Å². The summed E-state index contributed by atoms with van der Waals surface area (Å²) in [4.78, 5) is 2.74. The summed E-state index contributed by atoms with van der Waals surface area (Å²) in [7, 11) is 0. The van der Waals surface area contributed by atoms with Crippen molar-refractivity contribution in [2.75, 3.05) is 45.9 Å². The first kappa shape index (κ1) is 17.2. The fourth-order valence-electron chi connectivity index (χ4n) is 4.00. The molecule has 0 saturated carbocycles. The fraction of sp³-hybridized carbons (Fsp3) is 1.00. The number of hydrogen-bond acceptors (Lipinski definition) is 3. The van der Waals surface area contributed by atoms with Gasteiger partial charge in [0.1, 0.15) is 0 Å². The summed E-state index contributed by atoms with van der Waals surface area (Å²) >= 11 is 0. The minimum absolute atomic E-state index is 0.453. The maximum absolute atomic E-state index is 5.63. The smallest absolute Gasteiger partial charge is 0.0472 e. The molecule has 124 valence electrons. The second kappa shape index (κ2) is 8.50. The van der Waals surface area contributed by atoms with Crippen LogP contribution in [0, 0.1) is 17.3 Å². The van der Waals surface area contributed by atoms with Crippen LogP contribution in [0.5, 0.6) is 0 Å². The molecule has 2 rings (SSSR count). The Morgan fingerprint density at radius 3 is 2.71 bits per heavy atom. The van der Waals surface area contributed by atoms with E-state index in [9.17, 15) is 0 Å². The first-order valence-electron chi connectivity index (χ1n) is 9.14. The van der Waals surface area contributed by atoms with Crippen molar-refractivity contribution in [2.24, 2.45) is 17.3 Å². The Morgan fingerprint density at radius 1 is 1.29 bits per heavy atom. The highest BCUT2D eigenvalue weighted by Gasteiger charge is 2.36. The monoisotopic (exact) mass is 296 g/mol. The Hall–Kier alpha value is -0.120. The second-order valence-corrected chi connectivity index (χ2v) is 7.82. The topological polar surface area (TPSA) is 24.5 Å². The summed E-state index contributed by atoms with van der Waals surface area (Å²) < 4.78 is 5.63. The summed E-state index contributed by atoms with van der Waals surface area (Å²) in [6.45, 7) is 15.0. The van der Waals surface area contributed by atoms with Gasteiger partial charge in [0.15, 0.2) is 0 Å². The lowest BCUT2D eigenvalue weighted by molar-refractivity contribution is -0.00169. The predicted octanol–water partition coefficient (Wildman–Crippen LogP) is 3.15. The van der Waals surface area contributed by atoms with Gasteiger partial charge in [0.2, 0.25) is 0 Å². The van der Waals surface area contributed by atoms with E-state index in [1.165, 1.54) is 58.3 Å². The molecule has 0 aromatic heterocycles. The third-order valence-electron chi connectivity index (χ3n) is 5.23. The van der Waals surface area contributed by atoms with Crippen molar-refractivity contribution < 1.29 is 4.74 Å². The lowest BCUT2D eigenvalue weighted by Crippen LogP contribution is -2.47. The van der Waals surface area contributed by atoms with Crippen molar-refractivity contribution in [1.29, 1.82) is 0 Å². The molecule has 0 radical (unpaired) electrons. The molecule has 0 aliphatic carbocycles. The third kappa shape index (κ3) is 5.54. The van der Waals surface area contributed by atoms with E-state index in [4.69, 9.17) is 4.74 Å². The predicted molar refractivity (Wildman–Crippen MR) is 89.6 cm³/mol. The second-order valence-electron chi connectivity index (χ2n) is 7.82. The normalized spacial score (nSPS) is 26.6. The first-order chi connectivity index (χ1) is 10.1. The van der Waals surface area contributed by atoms with Crippen LogP contribution in [-0.2, 0) is 4.74 Å². The van der Waals surface area contributed by atoms with Crippen LogP contribution in [0.3, 0.4) is 0 Å². The van der Waals surface area contributed by atoms with Crippen LogP contribution in [-0.4, -0.2) is 50.8 Å². The van der Waals surface area contributed by atoms with E-state index in [-0.39, 0.29) is 0 Å². The molecule has 0 spiro atoms. The van der Waals surface area contributed by atoms with E-state index in [1.807, 2.05) is 0 Å². The Labute approximate surface area is 131 Å². The van der Waals surface area contributed by atoms with Crippen LogP contribution < -0.4 is 5.32 Å². The van der Waals surface area contributed by atoms with Crippen molar-refractivity contribution in [3.05, 3.63) is 0 Å². The van der Waals surface area contributed by atoms with E-state index in [1.54, 1.807) is 0 Å². The molecule has 2 aliphatic heterocycles. The summed E-state index contributed by atoms with van der Waals surface area (Å²) in [5.74, 6) is 1.69. The molecule has 1 unspecified atom stereocenters. The van der Waals surface area contributed by atoms with Crippen LogP contribution in [0.4, 0.5) is 0 Å². The van der Waals surface area contributed by atoms with Crippen molar-refractivity contribution in [2.45, 2.75) is 52.9 Å². The van der Waals surface area contributed by atoms with Gasteiger partial charge in [-0.1, -0.05) is 27.2 Å². The summed E-state index contributed by atoms with van der Waals surface area (Å²) in [5.41, 5.74) is 0.453. The average molecular weight is 296 g/mol. The molecule has 0 aromatic rings. The molecule has 3 nitrogen and oxygen atoms in total. The van der Waals surface area contributed by atoms with Gasteiger partial charge in [-0.2, -0.15) is 0 Å². The van der Waals surface area contributed by atoms with E-state index < -0.39 is 0 Å². The van der Waals surface area contributed by atoms with Gasteiger partial charge in [-0.3, -0.25) is 0 Å². The minimum atomic E-state index is 0.453. The van der Waals surface area contributed by atoms with E-state index >= 15 is 0 Å². The zero-order valence-electron chi connectivity index (χ0n) is 14.5. The molecule has 0 bridgehead atoms. The van der Waals surface area contributed by atoms with Crippen LogP contribution in [0.25, 0.3) is 0 Å². The molecule has 0 amide bonds. The molecular weight excluding hydrogens is 260 g/mol. The number of nitrogens with one attached hydrogen (secondary N) is 1. The summed E-state index contributed by atoms with van der Waals surface area (Å²) in [6, 6.07) is 0. The molecule has 1 N–H and O–H groups in total. The Bertz CT molecular complexity index is 287. The molecular formula is C18H36N2O. The van der Waals surface area contributed by atoms with E-state index in [0.29, 0.717) is 5.41 Å². The molecule has 3 heteroatoms. The molecule has 2 aliphatic rings. The van der Waals surface area contributed by atoms with E-state index in [0.717, 1.165) is 31.6 Å². The molecule has 1 atom stereocenters. The number of hydrogen-bond donors (Lipinski definition) is 1. The summed E-state index contributed by atoms with van der Waals surface area (Å²) in [5, 5.41) is 3.72. The van der Waals surface area contributed by atoms with Crippen LogP contribution >= 0.6 is 0 Å². The highest BCUT2D eigenvalue weighted by molar-refractivity contribution is 4.89. The van der Waals surface area contributed by atoms with Gasteiger partial charge in [-0.25, -0.2) is 0 Å². The first-order valence-corrected chi connectivity index (χ1v) is 9.14. The SMILES string of the molecule is CCCC1CCN(CC2(CNCC(C)C)CCOCC2)C1. The zero-order chi connectivity index (χ0) is 15.1. The van der Waals surface area contributed by atoms with Crippen molar-refractivity contribution in [1.82, 2.24) is 10.2 Å². The molecule has 2 saturated heterocycles. The van der Waals surface area contributed by atoms with E-state index in [2.05, 4.69) is 31.0 Å². The number of nitrogens with zero attached hydrogens (tertiary/aromatic N) is 1. The van der Waals surface area contributed by atoms with Crippen molar-refractivity contribution >= 4 is 0 Å². The number of rotatable bonds is 8. The summed E-state index contributed by atoms with van der Waals surface area (Å²) in [6.07, 6.45) is 6.63. The third-order valence-corrected chi connectivity index (χ3v) is 5.23. The maximum atomic E-state index is 5.63. The van der Waals surface area contributed by atoms with Gasteiger partial charge in [0.05, 0.1) is 0 Å². The van der Waals surface area contributed by atoms with Gasteiger partial charge >= 0.3 is 0 Å². The van der Waals surface area contributed by atoms with Gasteiger partial charge < -0.3 is 15.0 Å². The number of ether oxygens (including phenoxy) is 1. The van der Waals surface area contributed by atoms with Gasteiger partial charge in [0, 0.05) is 32.8 Å². The quantitative estimate of drug-likeness (QED) is 0.744. The standard InChI is InChI=1S/C18H36N2O/c1-4-5-17-6-9-20(13-17)15-18(7-10-21-11-8-18)14-19-12-16(2)3/h16-17,19H,4-15H2,1-3H3. The fourth-order valence-corrected chi connectivity index (χ4v) is 4.00. The van der Waals surface area contributed by atoms with Gasteiger partial charge in [-0.15, -0.1) is 0 Å². The Kier molecular flexibility index (Phi) is 6.97. The largest absolute Gasteiger partial charge is 0.381 e. The molecule has 0 aromatic carbocycles. The Balaban J connectivity index is 1.84. The molecule has 2 heterocycles. The number of likely N-dealkylation sites (tertiary alicyclic amines) is 1. The zero-order valence-corrected chi connectivity index (χ0v) is 14.5. The highest BCUT2D eigenvalue weighted by atomic mass is 16.5. The maximum Gasteiger partial charge on any atom is 0.0472 e. The minimum Gasteiger partial charge on any atom is -0.381 e. The van der Waals surface area contributed by atoms with Crippen molar-refractivity contribution in [3.63, 3.8) is 0 Å².